The van der Waals surface area contributed by atoms with Crippen molar-refractivity contribution >= 4 is 0 Å². The van der Waals surface area contributed by atoms with Crippen molar-refractivity contribution in [3.8, 4) is 5.75 Å². The lowest BCUT2D eigenvalue weighted by molar-refractivity contribution is 0.0326. The first kappa shape index (κ1) is 17.0. The van der Waals surface area contributed by atoms with Crippen LogP contribution in [0.5, 0.6) is 5.75 Å². The molecule has 0 aliphatic carbocycles. The van der Waals surface area contributed by atoms with Gasteiger partial charge in [-0.05, 0) is 13.3 Å². The van der Waals surface area contributed by atoms with E-state index in [4.69, 9.17) is 4.74 Å². The Morgan fingerprint density at radius 1 is 1.23 bits per heavy atom. The summed E-state index contributed by atoms with van der Waals surface area (Å²) in [7, 11) is 0. The van der Waals surface area contributed by atoms with E-state index in [-0.39, 0.29) is 11.2 Å². The molecule has 1 aliphatic rings. The fraction of sp³-hybridized carbons (Fsp3) is 0.706. The van der Waals surface area contributed by atoms with Gasteiger partial charge in [0, 0.05) is 37.9 Å². The van der Waals surface area contributed by atoms with Crippen LogP contribution in [0.1, 0.15) is 44.0 Å². The first-order valence-electron chi connectivity index (χ1n) is 8.36. The molecule has 0 bridgehead atoms. The van der Waals surface area contributed by atoms with Crippen LogP contribution >= 0.6 is 0 Å². The van der Waals surface area contributed by atoms with E-state index in [9.17, 15) is 9.90 Å². The highest BCUT2D eigenvalue weighted by Gasteiger charge is 2.18. The first-order valence-corrected chi connectivity index (χ1v) is 8.36. The molecule has 0 amide bonds. The number of aromatic nitrogens is 1. The second-order valence-electron chi connectivity index (χ2n) is 6.05. The molecule has 0 spiro atoms. The summed E-state index contributed by atoms with van der Waals surface area (Å²) >= 11 is 0. The van der Waals surface area contributed by atoms with E-state index in [2.05, 4.69) is 16.4 Å². The predicted octanol–water partition coefficient (Wildman–Crippen LogP) is 2.27. The maximum Gasteiger partial charge on any atom is 0.223 e. The molecule has 0 radical (unpaired) electrons. The van der Waals surface area contributed by atoms with E-state index in [1.165, 1.54) is 25.3 Å². The number of aromatic hydroxyl groups is 1. The standard InChI is InChI=1S/C17H28N2O3/c1-3-4-5-6-7-19-14(2)12-16(20)17(21)15(19)13-18-8-10-22-11-9-18/h12,21H,3-11,13H2,1-2H3. The van der Waals surface area contributed by atoms with E-state index < -0.39 is 0 Å². The fourth-order valence-electron chi connectivity index (χ4n) is 2.96. The molecule has 22 heavy (non-hydrogen) atoms. The first-order chi connectivity index (χ1) is 10.6. The van der Waals surface area contributed by atoms with E-state index in [1.54, 1.807) is 0 Å². The zero-order valence-electron chi connectivity index (χ0n) is 13.8. The van der Waals surface area contributed by atoms with E-state index in [0.717, 1.165) is 37.4 Å². The number of nitrogens with zero attached hydrogens (tertiary/aromatic N) is 2. The summed E-state index contributed by atoms with van der Waals surface area (Å²) in [5.41, 5.74) is 1.41. The van der Waals surface area contributed by atoms with Gasteiger partial charge in [0.25, 0.3) is 0 Å². The van der Waals surface area contributed by atoms with Gasteiger partial charge >= 0.3 is 0 Å². The highest BCUT2D eigenvalue weighted by atomic mass is 16.5. The number of ether oxygens (including phenoxy) is 1. The summed E-state index contributed by atoms with van der Waals surface area (Å²) in [5, 5.41) is 10.2. The average Bonchev–Trinajstić information content (AvgIpc) is 2.52. The molecule has 1 aliphatic heterocycles. The number of aryl methyl sites for hydroxylation is 1. The van der Waals surface area contributed by atoms with Crippen LogP contribution in [0.25, 0.3) is 0 Å². The molecule has 1 aromatic rings. The summed E-state index contributed by atoms with van der Waals surface area (Å²) in [5.74, 6) is -0.0902. The van der Waals surface area contributed by atoms with Crippen molar-refractivity contribution < 1.29 is 9.84 Å². The van der Waals surface area contributed by atoms with Gasteiger partial charge in [-0.3, -0.25) is 9.69 Å². The van der Waals surface area contributed by atoms with Gasteiger partial charge in [0.2, 0.25) is 5.43 Å². The summed E-state index contributed by atoms with van der Waals surface area (Å²) < 4.78 is 7.48. The third kappa shape index (κ3) is 4.34. The van der Waals surface area contributed by atoms with Crippen LogP contribution in [0.15, 0.2) is 10.9 Å². The van der Waals surface area contributed by atoms with Crippen LogP contribution in [0.2, 0.25) is 0 Å². The van der Waals surface area contributed by atoms with E-state index >= 15 is 0 Å². The second kappa shape index (κ2) is 8.34. The Morgan fingerprint density at radius 3 is 2.64 bits per heavy atom. The van der Waals surface area contributed by atoms with Gasteiger partial charge in [-0.15, -0.1) is 0 Å². The number of hydrogen-bond donors (Lipinski definition) is 1. The Bertz CT molecular complexity index is 533. The van der Waals surface area contributed by atoms with Crippen LogP contribution in [-0.2, 0) is 17.8 Å². The molecule has 5 heteroatoms. The van der Waals surface area contributed by atoms with E-state index in [1.807, 2.05) is 6.92 Å². The van der Waals surface area contributed by atoms with Crippen molar-refractivity contribution in [3.63, 3.8) is 0 Å². The topological polar surface area (TPSA) is 54.7 Å². The summed E-state index contributed by atoms with van der Waals surface area (Å²) in [6, 6.07) is 1.54. The molecule has 0 unspecified atom stereocenters. The summed E-state index contributed by atoms with van der Waals surface area (Å²) in [6.07, 6.45) is 4.69. The summed E-state index contributed by atoms with van der Waals surface area (Å²) in [6.45, 7) is 8.73. The lowest BCUT2D eigenvalue weighted by atomic mass is 10.1. The monoisotopic (exact) mass is 308 g/mol. The molecule has 1 aromatic heterocycles. The Hall–Kier alpha value is -1.33. The molecule has 124 valence electrons. The Balaban J connectivity index is 2.18. The normalized spacial score (nSPS) is 16.1. The number of hydrogen-bond acceptors (Lipinski definition) is 4. The minimum atomic E-state index is -0.273. The van der Waals surface area contributed by atoms with Crippen LogP contribution < -0.4 is 5.43 Å². The number of unbranched alkanes of at least 4 members (excludes halogenated alkanes) is 3. The SMILES string of the molecule is CCCCCCn1c(C)cc(=O)c(O)c1CN1CCOCC1. The van der Waals surface area contributed by atoms with E-state index in [0.29, 0.717) is 19.8 Å². The van der Waals surface area contributed by atoms with Gasteiger partial charge in [0.1, 0.15) is 0 Å². The third-order valence-corrected chi connectivity index (χ3v) is 4.31. The van der Waals surface area contributed by atoms with Crippen LogP contribution in [0.4, 0.5) is 0 Å². The van der Waals surface area contributed by atoms with Crippen molar-refractivity contribution in [2.45, 2.75) is 52.6 Å². The van der Waals surface area contributed by atoms with Crippen molar-refractivity contribution in [1.82, 2.24) is 9.47 Å². The second-order valence-corrected chi connectivity index (χ2v) is 6.05. The molecule has 0 atom stereocenters. The number of morpholine rings is 1. The quantitative estimate of drug-likeness (QED) is 0.785. The molecule has 1 fully saturated rings. The predicted molar refractivity (Wildman–Crippen MR) is 87.3 cm³/mol. The molecular weight excluding hydrogens is 280 g/mol. The number of rotatable bonds is 7. The minimum absolute atomic E-state index is 0.0902. The van der Waals surface area contributed by atoms with Crippen molar-refractivity contribution in [1.29, 1.82) is 0 Å². The molecule has 2 heterocycles. The lowest BCUT2D eigenvalue weighted by Gasteiger charge is -2.28. The van der Waals surface area contributed by atoms with Gasteiger partial charge in [0.15, 0.2) is 5.75 Å². The van der Waals surface area contributed by atoms with Crippen molar-refractivity contribution in [3.05, 3.63) is 27.7 Å². The van der Waals surface area contributed by atoms with Crippen LogP contribution in [0, 0.1) is 6.92 Å². The van der Waals surface area contributed by atoms with Crippen LogP contribution in [0.3, 0.4) is 0 Å². The minimum Gasteiger partial charge on any atom is -0.503 e. The lowest BCUT2D eigenvalue weighted by Crippen LogP contribution is -2.37. The fourth-order valence-corrected chi connectivity index (χ4v) is 2.96. The molecule has 0 saturated carbocycles. The largest absolute Gasteiger partial charge is 0.503 e. The Labute approximate surface area is 132 Å². The Kier molecular flexibility index (Phi) is 6.46. The Morgan fingerprint density at radius 2 is 1.95 bits per heavy atom. The zero-order chi connectivity index (χ0) is 15.9. The molecule has 2 rings (SSSR count). The molecule has 0 aromatic carbocycles. The van der Waals surface area contributed by atoms with Gasteiger partial charge in [-0.1, -0.05) is 26.2 Å². The summed E-state index contributed by atoms with van der Waals surface area (Å²) in [4.78, 5) is 14.2. The van der Waals surface area contributed by atoms with Crippen molar-refractivity contribution in [2.24, 2.45) is 0 Å². The molecule has 1 N–H and O–H groups in total. The van der Waals surface area contributed by atoms with Gasteiger partial charge in [-0.2, -0.15) is 0 Å². The maximum atomic E-state index is 11.9. The third-order valence-electron chi connectivity index (χ3n) is 4.31. The molecule has 1 saturated heterocycles. The average molecular weight is 308 g/mol. The molecule has 5 nitrogen and oxygen atoms in total. The van der Waals surface area contributed by atoms with Gasteiger partial charge < -0.3 is 14.4 Å². The van der Waals surface area contributed by atoms with Gasteiger partial charge in [0.05, 0.1) is 18.9 Å². The smallest absolute Gasteiger partial charge is 0.223 e. The highest BCUT2D eigenvalue weighted by Crippen LogP contribution is 2.18. The number of pyridine rings is 1. The highest BCUT2D eigenvalue weighted by molar-refractivity contribution is 5.29. The van der Waals surface area contributed by atoms with Crippen molar-refractivity contribution in [2.75, 3.05) is 26.3 Å². The maximum absolute atomic E-state index is 11.9. The van der Waals surface area contributed by atoms with Gasteiger partial charge in [-0.25, -0.2) is 0 Å². The van der Waals surface area contributed by atoms with Crippen LogP contribution in [-0.4, -0.2) is 40.9 Å². The molecular formula is C17H28N2O3. The zero-order valence-corrected chi connectivity index (χ0v) is 13.8.